The van der Waals surface area contributed by atoms with E-state index in [2.05, 4.69) is 15.6 Å². The highest BCUT2D eigenvalue weighted by molar-refractivity contribution is 7.17. The van der Waals surface area contributed by atoms with Gasteiger partial charge in [0.25, 0.3) is 5.91 Å². The third-order valence-corrected chi connectivity index (χ3v) is 5.06. The summed E-state index contributed by atoms with van der Waals surface area (Å²) in [6.07, 6.45) is 5.26. The second-order valence-corrected chi connectivity index (χ2v) is 6.34. The fourth-order valence-corrected chi connectivity index (χ4v) is 3.96. The Kier molecular flexibility index (Phi) is 2.56. The molecule has 0 spiro atoms. The van der Waals surface area contributed by atoms with Crippen molar-refractivity contribution < 1.29 is 4.79 Å². The molecule has 2 aliphatic rings. The van der Waals surface area contributed by atoms with E-state index < -0.39 is 0 Å². The molecule has 1 amide bonds. The van der Waals surface area contributed by atoms with Crippen molar-refractivity contribution in [3.63, 3.8) is 0 Å². The molecule has 4 heterocycles. The monoisotopic (exact) mass is 273 g/mol. The lowest BCUT2D eigenvalue weighted by molar-refractivity contribution is 0.0926. The maximum Gasteiger partial charge on any atom is 0.270 e. The summed E-state index contributed by atoms with van der Waals surface area (Å²) >= 11 is 1.65. The molecule has 5 heteroatoms. The number of hydrogen-bond donors (Lipinski definition) is 2. The van der Waals surface area contributed by atoms with Crippen LogP contribution in [0.2, 0.25) is 0 Å². The molecule has 2 aromatic rings. The zero-order chi connectivity index (χ0) is 12.8. The number of hydrogen-bond acceptors (Lipinski definition) is 4. The number of aromatic nitrogens is 1. The van der Waals surface area contributed by atoms with Crippen LogP contribution in [0.3, 0.4) is 0 Å². The molecule has 19 heavy (non-hydrogen) atoms. The first-order valence-corrected chi connectivity index (χ1v) is 7.58. The van der Waals surface area contributed by atoms with Crippen LogP contribution in [0.25, 0.3) is 10.1 Å². The predicted molar refractivity (Wildman–Crippen MR) is 75.4 cm³/mol. The molecular formula is C14H15N3OS. The standard InChI is InChI=1S/C14H15N3OS/c18-14(17-11-6-9-1-2-10(11)16-9)12-5-8-3-4-19-13(8)7-15-12/h3-5,7,9-11,16H,1-2,6H2,(H,17,18)/t9-,10+,11-/m1/s1. The SMILES string of the molecule is O=C(N[C@@H]1C[C@H]2CC[C@@H]1N2)c1cc2ccsc2cn1. The number of carbonyl (C=O) groups is 1. The van der Waals surface area contributed by atoms with Crippen LogP contribution in [0.4, 0.5) is 0 Å². The van der Waals surface area contributed by atoms with Crippen LogP contribution >= 0.6 is 11.3 Å². The minimum absolute atomic E-state index is 0.0487. The molecule has 0 aromatic carbocycles. The number of rotatable bonds is 2. The van der Waals surface area contributed by atoms with E-state index in [4.69, 9.17) is 0 Å². The van der Waals surface area contributed by atoms with E-state index in [1.807, 2.05) is 17.5 Å². The summed E-state index contributed by atoms with van der Waals surface area (Å²) in [5, 5.41) is 9.77. The number of amides is 1. The van der Waals surface area contributed by atoms with Gasteiger partial charge in [0.05, 0.1) is 4.70 Å². The first kappa shape index (κ1) is 11.4. The molecule has 0 radical (unpaired) electrons. The molecule has 4 rings (SSSR count). The zero-order valence-electron chi connectivity index (χ0n) is 10.4. The minimum atomic E-state index is -0.0487. The predicted octanol–water partition coefficient (Wildman–Crippen LogP) is 1.92. The van der Waals surface area contributed by atoms with Gasteiger partial charge in [-0.1, -0.05) is 0 Å². The summed E-state index contributed by atoms with van der Waals surface area (Å²) in [4.78, 5) is 16.5. The second kappa shape index (κ2) is 4.28. The Morgan fingerprint density at radius 2 is 2.42 bits per heavy atom. The molecule has 2 bridgehead atoms. The fourth-order valence-electron chi connectivity index (χ4n) is 3.22. The molecule has 4 nitrogen and oxygen atoms in total. The van der Waals surface area contributed by atoms with Gasteiger partial charge >= 0.3 is 0 Å². The average molecular weight is 273 g/mol. The largest absolute Gasteiger partial charge is 0.346 e. The maximum absolute atomic E-state index is 12.2. The van der Waals surface area contributed by atoms with Crippen molar-refractivity contribution in [2.24, 2.45) is 0 Å². The Morgan fingerprint density at radius 3 is 3.21 bits per heavy atom. The van der Waals surface area contributed by atoms with Gasteiger partial charge < -0.3 is 10.6 Å². The van der Waals surface area contributed by atoms with Gasteiger partial charge in [-0.15, -0.1) is 11.3 Å². The van der Waals surface area contributed by atoms with Gasteiger partial charge in [-0.05, 0) is 42.2 Å². The Bertz CT molecular complexity index is 638. The number of fused-ring (bicyclic) bond motifs is 3. The molecule has 2 aliphatic heterocycles. The van der Waals surface area contributed by atoms with Gasteiger partial charge in [0.1, 0.15) is 5.69 Å². The van der Waals surface area contributed by atoms with E-state index in [-0.39, 0.29) is 11.9 Å². The molecule has 0 aliphatic carbocycles. The normalized spacial score (nSPS) is 28.9. The maximum atomic E-state index is 12.2. The van der Waals surface area contributed by atoms with Crippen molar-refractivity contribution in [2.75, 3.05) is 0 Å². The lowest BCUT2D eigenvalue weighted by Gasteiger charge is -2.21. The third kappa shape index (κ3) is 1.93. The van der Waals surface area contributed by atoms with Crippen molar-refractivity contribution in [3.05, 3.63) is 29.4 Å². The summed E-state index contributed by atoms with van der Waals surface area (Å²) in [7, 11) is 0. The molecule has 0 saturated carbocycles. The molecule has 3 atom stereocenters. The van der Waals surface area contributed by atoms with Gasteiger partial charge in [0, 0.05) is 24.3 Å². The average Bonchev–Trinajstić information content (AvgIpc) is 3.13. The van der Waals surface area contributed by atoms with Gasteiger partial charge in [0.2, 0.25) is 0 Å². The smallest absolute Gasteiger partial charge is 0.270 e. The van der Waals surface area contributed by atoms with Crippen molar-refractivity contribution in [2.45, 2.75) is 37.4 Å². The highest BCUT2D eigenvalue weighted by atomic mass is 32.1. The van der Waals surface area contributed by atoms with Crippen LogP contribution in [0, 0.1) is 0 Å². The lowest BCUT2D eigenvalue weighted by atomic mass is 9.95. The molecule has 0 unspecified atom stereocenters. The minimum Gasteiger partial charge on any atom is -0.346 e. The Morgan fingerprint density at radius 1 is 1.47 bits per heavy atom. The van der Waals surface area contributed by atoms with E-state index in [0.717, 1.165) is 16.5 Å². The fraction of sp³-hybridized carbons (Fsp3) is 0.429. The number of carbonyl (C=O) groups excluding carboxylic acids is 1. The van der Waals surface area contributed by atoms with Crippen LogP contribution in [0.5, 0.6) is 0 Å². The topological polar surface area (TPSA) is 54.0 Å². The second-order valence-electron chi connectivity index (χ2n) is 5.39. The summed E-state index contributed by atoms with van der Waals surface area (Å²) in [5.41, 5.74) is 0.522. The Hall–Kier alpha value is -1.46. The van der Waals surface area contributed by atoms with Gasteiger partial charge in [0.15, 0.2) is 0 Å². The van der Waals surface area contributed by atoms with Gasteiger partial charge in [-0.2, -0.15) is 0 Å². The Balaban J connectivity index is 1.53. The molecule has 2 aromatic heterocycles. The molecule has 2 saturated heterocycles. The van der Waals surface area contributed by atoms with E-state index in [1.54, 1.807) is 17.5 Å². The third-order valence-electron chi connectivity index (χ3n) is 4.19. The van der Waals surface area contributed by atoms with E-state index in [0.29, 0.717) is 17.8 Å². The zero-order valence-corrected chi connectivity index (χ0v) is 11.2. The van der Waals surface area contributed by atoms with Crippen LogP contribution in [0.1, 0.15) is 29.8 Å². The number of pyridine rings is 1. The summed E-state index contributed by atoms with van der Waals surface area (Å²) in [5.74, 6) is -0.0487. The quantitative estimate of drug-likeness (QED) is 0.879. The van der Waals surface area contributed by atoms with Crippen molar-refractivity contribution in [3.8, 4) is 0 Å². The van der Waals surface area contributed by atoms with Crippen LogP contribution < -0.4 is 10.6 Å². The van der Waals surface area contributed by atoms with E-state index in [9.17, 15) is 4.79 Å². The van der Waals surface area contributed by atoms with E-state index >= 15 is 0 Å². The van der Waals surface area contributed by atoms with Crippen LogP contribution in [0.15, 0.2) is 23.7 Å². The molecule has 2 fully saturated rings. The van der Waals surface area contributed by atoms with Crippen LogP contribution in [-0.2, 0) is 0 Å². The summed E-state index contributed by atoms with van der Waals surface area (Å²) < 4.78 is 1.12. The van der Waals surface area contributed by atoms with Crippen molar-refractivity contribution in [1.29, 1.82) is 0 Å². The number of thiophene rings is 1. The number of nitrogens with one attached hydrogen (secondary N) is 2. The van der Waals surface area contributed by atoms with Gasteiger partial charge in [-0.25, -0.2) is 4.98 Å². The first-order chi connectivity index (χ1) is 9.29. The first-order valence-electron chi connectivity index (χ1n) is 6.70. The van der Waals surface area contributed by atoms with Crippen molar-refractivity contribution in [1.82, 2.24) is 15.6 Å². The lowest BCUT2D eigenvalue weighted by Crippen LogP contribution is -2.43. The Labute approximate surface area is 115 Å². The molecule has 2 N–H and O–H groups in total. The summed E-state index contributed by atoms with van der Waals surface area (Å²) in [6, 6.07) is 5.23. The highest BCUT2D eigenvalue weighted by Crippen LogP contribution is 2.28. The summed E-state index contributed by atoms with van der Waals surface area (Å²) in [6.45, 7) is 0. The van der Waals surface area contributed by atoms with Gasteiger partial charge in [-0.3, -0.25) is 4.79 Å². The van der Waals surface area contributed by atoms with E-state index in [1.165, 1.54) is 12.8 Å². The molecule has 98 valence electrons. The molecular weight excluding hydrogens is 258 g/mol. The number of nitrogens with zero attached hydrogens (tertiary/aromatic N) is 1. The highest BCUT2D eigenvalue weighted by Gasteiger charge is 2.39. The van der Waals surface area contributed by atoms with Crippen LogP contribution in [-0.4, -0.2) is 29.0 Å². The van der Waals surface area contributed by atoms with Crippen molar-refractivity contribution >= 4 is 27.3 Å².